The van der Waals surface area contributed by atoms with Crippen molar-refractivity contribution in [2.24, 2.45) is 0 Å². The first-order valence-electron chi connectivity index (χ1n) is 7.74. The van der Waals surface area contributed by atoms with Crippen LogP contribution < -0.4 is 5.32 Å². The van der Waals surface area contributed by atoms with Crippen LogP contribution in [0, 0.1) is 27.7 Å². The molecule has 0 radical (unpaired) electrons. The number of pyridine rings is 1. The Morgan fingerprint density at radius 2 is 1.62 bits per heavy atom. The van der Waals surface area contributed by atoms with Crippen LogP contribution >= 0.6 is 0 Å². The van der Waals surface area contributed by atoms with E-state index < -0.39 is 0 Å². The molecule has 2 rings (SSSR count). The molecule has 0 amide bonds. The number of nitrogens with zero attached hydrogens (tertiary/aromatic N) is 1. The van der Waals surface area contributed by atoms with Gasteiger partial charge in [0.15, 0.2) is 0 Å². The van der Waals surface area contributed by atoms with Gasteiger partial charge in [-0.2, -0.15) is 0 Å². The van der Waals surface area contributed by atoms with E-state index in [0.717, 1.165) is 24.4 Å². The fourth-order valence-electron chi connectivity index (χ4n) is 2.79. The van der Waals surface area contributed by atoms with Crippen molar-refractivity contribution in [2.45, 2.75) is 47.1 Å². The van der Waals surface area contributed by atoms with Crippen molar-refractivity contribution in [3.8, 4) is 0 Å². The highest BCUT2D eigenvalue weighted by Crippen LogP contribution is 2.21. The van der Waals surface area contributed by atoms with E-state index in [0.29, 0.717) is 6.04 Å². The summed E-state index contributed by atoms with van der Waals surface area (Å²) in [5.74, 6) is 0. The second-order valence-corrected chi connectivity index (χ2v) is 5.92. The van der Waals surface area contributed by atoms with Gasteiger partial charge in [0.25, 0.3) is 0 Å². The van der Waals surface area contributed by atoms with E-state index in [1.165, 1.54) is 22.3 Å². The van der Waals surface area contributed by atoms with Gasteiger partial charge in [0.05, 0.1) is 0 Å². The molecule has 1 aromatic carbocycles. The van der Waals surface area contributed by atoms with Crippen molar-refractivity contribution in [3.05, 3.63) is 64.0 Å². The molecule has 0 saturated heterocycles. The maximum atomic E-state index is 4.48. The summed E-state index contributed by atoms with van der Waals surface area (Å²) in [7, 11) is 0. The molecule has 1 N–H and O–H groups in total. The quantitative estimate of drug-likeness (QED) is 0.888. The molecule has 112 valence electrons. The third-order valence-electron chi connectivity index (χ3n) is 3.97. The second kappa shape index (κ2) is 6.86. The normalized spacial score (nSPS) is 12.4. The minimum Gasteiger partial charge on any atom is -0.310 e. The Morgan fingerprint density at radius 3 is 2.19 bits per heavy atom. The lowest BCUT2D eigenvalue weighted by Crippen LogP contribution is -2.23. The van der Waals surface area contributed by atoms with Crippen molar-refractivity contribution < 1.29 is 0 Å². The van der Waals surface area contributed by atoms with Gasteiger partial charge in [0, 0.05) is 17.4 Å². The van der Waals surface area contributed by atoms with Gasteiger partial charge >= 0.3 is 0 Å². The van der Waals surface area contributed by atoms with Crippen LogP contribution in [0.15, 0.2) is 30.3 Å². The third-order valence-corrected chi connectivity index (χ3v) is 3.97. The molecule has 0 saturated carbocycles. The van der Waals surface area contributed by atoms with Crippen molar-refractivity contribution in [1.82, 2.24) is 10.3 Å². The van der Waals surface area contributed by atoms with Gasteiger partial charge in [-0.1, -0.05) is 25.1 Å². The van der Waals surface area contributed by atoms with Crippen LogP contribution in [-0.2, 0) is 6.42 Å². The van der Waals surface area contributed by atoms with Gasteiger partial charge in [-0.25, -0.2) is 0 Å². The highest BCUT2D eigenvalue weighted by atomic mass is 14.9. The maximum absolute atomic E-state index is 4.48. The molecule has 2 aromatic rings. The van der Waals surface area contributed by atoms with Crippen LogP contribution in [0.3, 0.4) is 0 Å². The lowest BCUT2D eigenvalue weighted by molar-refractivity contribution is 0.548. The smallest absolute Gasteiger partial charge is 0.0379 e. The fourth-order valence-corrected chi connectivity index (χ4v) is 2.79. The van der Waals surface area contributed by atoms with Crippen LogP contribution in [0.2, 0.25) is 0 Å². The standard InChI is InChI=1S/C19H26N2/c1-6-20-19(18-10-15(4)21-16(5)11-18)12-17-8-7-13(2)14(3)9-17/h7-11,19-20H,6,12H2,1-5H3. The van der Waals surface area contributed by atoms with Crippen LogP contribution in [0.5, 0.6) is 0 Å². The molecule has 0 aliphatic heterocycles. The molecular formula is C19H26N2. The zero-order valence-corrected chi connectivity index (χ0v) is 13.8. The average Bonchev–Trinajstić information content (AvgIpc) is 2.41. The van der Waals surface area contributed by atoms with E-state index in [1.807, 2.05) is 0 Å². The number of aryl methyl sites for hydroxylation is 4. The van der Waals surface area contributed by atoms with Crippen molar-refractivity contribution in [1.29, 1.82) is 0 Å². The van der Waals surface area contributed by atoms with Gasteiger partial charge in [0.2, 0.25) is 0 Å². The number of benzene rings is 1. The predicted octanol–water partition coefficient (Wildman–Crippen LogP) is 4.21. The highest BCUT2D eigenvalue weighted by Gasteiger charge is 2.13. The number of hydrogen-bond donors (Lipinski definition) is 1. The lowest BCUT2D eigenvalue weighted by atomic mass is 9.96. The monoisotopic (exact) mass is 282 g/mol. The Kier molecular flexibility index (Phi) is 5.13. The Balaban J connectivity index is 2.27. The Bertz CT molecular complexity index is 597. The van der Waals surface area contributed by atoms with Crippen LogP contribution in [0.25, 0.3) is 0 Å². The lowest BCUT2D eigenvalue weighted by Gasteiger charge is -2.20. The summed E-state index contributed by atoms with van der Waals surface area (Å²) >= 11 is 0. The summed E-state index contributed by atoms with van der Waals surface area (Å²) in [5, 5.41) is 3.61. The molecule has 1 heterocycles. The largest absolute Gasteiger partial charge is 0.310 e. The summed E-state index contributed by atoms with van der Waals surface area (Å²) in [5.41, 5.74) is 7.62. The summed E-state index contributed by atoms with van der Waals surface area (Å²) in [6, 6.07) is 11.5. The predicted molar refractivity (Wildman–Crippen MR) is 89.7 cm³/mol. The van der Waals surface area contributed by atoms with Gasteiger partial charge in [-0.15, -0.1) is 0 Å². The SMILES string of the molecule is CCNC(Cc1ccc(C)c(C)c1)c1cc(C)nc(C)c1. The highest BCUT2D eigenvalue weighted by molar-refractivity contribution is 5.32. The summed E-state index contributed by atoms with van der Waals surface area (Å²) in [6.07, 6.45) is 1.01. The van der Waals surface area contributed by atoms with Gasteiger partial charge in [0.1, 0.15) is 0 Å². The molecule has 1 unspecified atom stereocenters. The Hall–Kier alpha value is -1.67. The molecule has 2 nitrogen and oxygen atoms in total. The average molecular weight is 282 g/mol. The molecule has 21 heavy (non-hydrogen) atoms. The molecule has 2 heteroatoms. The molecule has 0 fully saturated rings. The molecular weight excluding hydrogens is 256 g/mol. The minimum absolute atomic E-state index is 0.345. The second-order valence-electron chi connectivity index (χ2n) is 5.92. The van der Waals surface area contributed by atoms with E-state index in [2.05, 4.69) is 75.3 Å². The molecule has 0 bridgehead atoms. The zero-order chi connectivity index (χ0) is 15.4. The Morgan fingerprint density at radius 1 is 0.952 bits per heavy atom. The molecule has 1 aromatic heterocycles. The van der Waals surface area contributed by atoms with Crippen LogP contribution in [0.1, 0.15) is 46.6 Å². The number of aromatic nitrogens is 1. The van der Waals surface area contributed by atoms with Crippen molar-refractivity contribution >= 4 is 0 Å². The summed E-state index contributed by atoms with van der Waals surface area (Å²) < 4.78 is 0. The number of likely N-dealkylation sites (N-methyl/N-ethyl adjacent to an activating group) is 1. The number of nitrogens with one attached hydrogen (secondary N) is 1. The van der Waals surface area contributed by atoms with Gasteiger partial charge in [-0.05, 0) is 75.0 Å². The van der Waals surface area contributed by atoms with E-state index in [9.17, 15) is 0 Å². The first-order valence-corrected chi connectivity index (χ1v) is 7.74. The maximum Gasteiger partial charge on any atom is 0.0379 e. The first kappa shape index (κ1) is 15.7. The molecule has 0 aliphatic carbocycles. The summed E-state index contributed by atoms with van der Waals surface area (Å²) in [4.78, 5) is 4.48. The van der Waals surface area contributed by atoms with E-state index in [1.54, 1.807) is 0 Å². The number of rotatable bonds is 5. The minimum atomic E-state index is 0.345. The van der Waals surface area contributed by atoms with Crippen molar-refractivity contribution in [2.75, 3.05) is 6.54 Å². The molecule has 0 spiro atoms. The fraction of sp³-hybridized carbons (Fsp3) is 0.421. The third kappa shape index (κ3) is 4.15. The van der Waals surface area contributed by atoms with Gasteiger partial charge in [-0.3, -0.25) is 4.98 Å². The number of hydrogen-bond acceptors (Lipinski definition) is 2. The van der Waals surface area contributed by atoms with Crippen molar-refractivity contribution in [3.63, 3.8) is 0 Å². The summed E-state index contributed by atoms with van der Waals surface area (Å²) in [6.45, 7) is 11.6. The topological polar surface area (TPSA) is 24.9 Å². The zero-order valence-electron chi connectivity index (χ0n) is 13.8. The van der Waals surface area contributed by atoms with E-state index in [-0.39, 0.29) is 0 Å². The van der Waals surface area contributed by atoms with Crippen LogP contribution in [0.4, 0.5) is 0 Å². The first-order chi connectivity index (χ1) is 9.99. The van der Waals surface area contributed by atoms with Gasteiger partial charge < -0.3 is 5.32 Å². The van der Waals surface area contributed by atoms with E-state index >= 15 is 0 Å². The Labute approximate surface area is 128 Å². The van der Waals surface area contributed by atoms with Crippen LogP contribution in [-0.4, -0.2) is 11.5 Å². The molecule has 1 atom stereocenters. The van der Waals surface area contributed by atoms with E-state index in [4.69, 9.17) is 0 Å². The molecule has 0 aliphatic rings.